The second kappa shape index (κ2) is 11.2. The molecule has 0 aliphatic carbocycles. The van der Waals surface area contributed by atoms with E-state index >= 15 is 0 Å². The zero-order valence-electron chi connectivity index (χ0n) is 18.5. The summed E-state index contributed by atoms with van der Waals surface area (Å²) >= 11 is 5.84. The number of nitro groups is 1. The van der Waals surface area contributed by atoms with Crippen molar-refractivity contribution in [3.05, 3.63) is 86.9 Å². The van der Waals surface area contributed by atoms with Gasteiger partial charge < -0.3 is 20.1 Å². The number of carbonyl (C=O) groups is 2. The number of nitro benzene ring substituents is 1. The van der Waals surface area contributed by atoms with E-state index in [2.05, 4.69) is 10.6 Å². The van der Waals surface area contributed by atoms with Crippen LogP contribution < -0.4 is 20.1 Å². The largest absolute Gasteiger partial charge is 0.492 e. The Morgan fingerprint density at radius 2 is 1.38 bits per heavy atom. The number of halogens is 1. The van der Waals surface area contributed by atoms with Crippen molar-refractivity contribution < 1.29 is 24.0 Å². The van der Waals surface area contributed by atoms with Crippen LogP contribution in [-0.2, 0) is 0 Å². The zero-order chi connectivity index (χ0) is 24.7. The van der Waals surface area contributed by atoms with E-state index in [-0.39, 0.29) is 40.2 Å². The molecule has 0 saturated heterocycles. The molecule has 0 atom stereocenters. The Labute approximate surface area is 200 Å². The fourth-order valence-corrected chi connectivity index (χ4v) is 3.26. The molecule has 0 bridgehead atoms. The summed E-state index contributed by atoms with van der Waals surface area (Å²) in [4.78, 5) is 36.0. The van der Waals surface area contributed by atoms with Gasteiger partial charge in [-0.25, -0.2) is 0 Å². The van der Waals surface area contributed by atoms with Crippen LogP contribution in [0.3, 0.4) is 0 Å². The Morgan fingerprint density at radius 3 is 1.88 bits per heavy atom. The SMILES string of the molecule is CCOc1cc(NC(=O)c2ccc(Cl)c([N+](=O)[O-])c2)c(OCC)cc1NC(=O)c1ccccc1. The number of carbonyl (C=O) groups excluding carboxylic acids is 2. The van der Waals surface area contributed by atoms with E-state index < -0.39 is 10.8 Å². The monoisotopic (exact) mass is 483 g/mol. The van der Waals surface area contributed by atoms with Crippen molar-refractivity contribution in [2.24, 2.45) is 0 Å². The maximum absolute atomic E-state index is 12.8. The molecule has 0 aromatic heterocycles. The normalized spacial score (nSPS) is 10.3. The van der Waals surface area contributed by atoms with Gasteiger partial charge in [0, 0.05) is 29.3 Å². The maximum atomic E-state index is 12.8. The lowest BCUT2D eigenvalue weighted by Crippen LogP contribution is -2.16. The lowest BCUT2D eigenvalue weighted by molar-refractivity contribution is -0.384. The highest BCUT2D eigenvalue weighted by Gasteiger charge is 2.20. The quantitative estimate of drug-likeness (QED) is 0.304. The van der Waals surface area contributed by atoms with Crippen LogP contribution in [-0.4, -0.2) is 30.0 Å². The molecule has 3 rings (SSSR count). The third-order valence-corrected chi connectivity index (χ3v) is 4.94. The number of nitrogens with one attached hydrogen (secondary N) is 2. The Hall–Kier alpha value is -4.11. The lowest BCUT2D eigenvalue weighted by atomic mass is 10.1. The molecule has 0 heterocycles. The second-order valence-electron chi connectivity index (χ2n) is 6.91. The van der Waals surface area contributed by atoms with Gasteiger partial charge in [-0.3, -0.25) is 19.7 Å². The zero-order valence-corrected chi connectivity index (χ0v) is 19.2. The van der Waals surface area contributed by atoms with Crippen LogP contribution in [0.25, 0.3) is 0 Å². The van der Waals surface area contributed by atoms with Crippen LogP contribution >= 0.6 is 11.6 Å². The van der Waals surface area contributed by atoms with E-state index in [9.17, 15) is 19.7 Å². The van der Waals surface area contributed by atoms with Gasteiger partial charge in [0.05, 0.1) is 29.5 Å². The van der Waals surface area contributed by atoms with Gasteiger partial charge in [-0.05, 0) is 38.1 Å². The topological polar surface area (TPSA) is 120 Å². The van der Waals surface area contributed by atoms with Crippen LogP contribution in [0.5, 0.6) is 11.5 Å². The molecule has 0 spiro atoms. The van der Waals surface area contributed by atoms with Gasteiger partial charge in [-0.2, -0.15) is 0 Å². The van der Waals surface area contributed by atoms with Crippen molar-refractivity contribution in [1.29, 1.82) is 0 Å². The van der Waals surface area contributed by atoms with Gasteiger partial charge in [0.2, 0.25) is 0 Å². The molecule has 34 heavy (non-hydrogen) atoms. The van der Waals surface area contributed by atoms with E-state index in [0.29, 0.717) is 23.6 Å². The van der Waals surface area contributed by atoms with E-state index in [4.69, 9.17) is 21.1 Å². The van der Waals surface area contributed by atoms with Crippen molar-refractivity contribution in [1.82, 2.24) is 0 Å². The van der Waals surface area contributed by atoms with Gasteiger partial charge in [0.15, 0.2) is 0 Å². The van der Waals surface area contributed by atoms with Crippen molar-refractivity contribution in [3.8, 4) is 11.5 Å². The van der Waals surface area contributed by atoms with E-state index in [1.165, 1.54) is 18.2 Å². The summed E-state index contributed by atoms with van der Waals surface area (Å²) in [5, 5.41) is 16.6. The highest BCUT2D eigenvalue weighted by atomic mass is 35.5. The summed E-state index contributed by atoms with van der Waals surface area (Å²) in [5.74, 6) is -0.350. The first-order chi connectivity index (χ1) is 16.3. The summed E-state index contributed by atoms with van der Waals surface area (Å²) in [7, 11) is 0. The summed E-state index contributed by atoms with van der Waals surface area (Å²) in [5.41, 5.74) is 0.751. The minimum Gasteiger partial charge on any atom is -0.492 e. The molecule has 0 radical (unpaired) electrons. The Kier molecular flexibility index (Phi) is 8.05. The van der Waals surface area contributed by atoms with Gasteiger partial charge in [0.25, 0.3) is 17.5 Å². The Balaban J connectivity index is 1.94. The van der Waals surface area contributed by atoms with Crippen molar-refractivity contribution in [3.63, 3.8) is 0 Å². The number of anilines is 2. The smallest absolute Gasteiger partial charge is 0.288 e. The van der Waals surface area contributed by atoms with E-state index in [1.807, 2.05) is 6.07 Å². The molecule has 0 fully saturated rings. The Bertz CT molecular complexity index is 1220. The van der Waals surface area contributed by atoms with Gasteiger partial charge in [-0.15, -0.1) is 0 Å². The van der Waals surface area contributed by atoms with Crippen molar-refractivity contribution >= 4 is 40.5 Å². The summed E-state index contributed by atoms with van der Waals surface area (Å²) in [6, 6.07) is 15.5. The average Bonchev–Trinajstić information content (AvgIpc) is 2.82. The molecule has 0 aliphatic heterocycles. The van der Waals surface area contributed by atoms with Crippen molar-refractivity contribution in [2.45, 2.75) is 13.8 Å². The molecule has 3 aromatic rings. The fraction of sp³-hybridized carbons (Fsp3) is 0.167. The minimum absolute atomic E-state index is 0.0398. The van der Waals surface area contributed by atoms with Crippen molar-refractivity contribution in [2.75, 3.05) is 23.8 Å². The standard InChI is InChI=1S/C24H22ClN3O6/c1-3-33-21-14-19(27-24(30)16-10-11-17(25)20(12-16)28(31)32)22(34-4-2)13-18(21)26-23(29)15-8-6-5-7-9-15/h5-14H,3-4H2,1-2H3,(H,26,29)(H,27,30). The van der Waals surface area contributed by atoms with Crippen LogP contribution in [0.1, 0.15) is 34.6 Å². The molecule has 2 amide bonds. The first kappa shape index (κ1) is 24.5. The van der Waals surface area contributed by atoms with Crippen LogP contribution in [0.15, 0.2) is 60.7 Å². The first-order valence-corrected chi connectivity index (χ1v) is 10.8. The third kappa shape index (κ3) is 5.81. The highest BCUT2D eigenvalue weighted by Crippen LogP contribution is 2.37. The Morgan fingerprint density at radius 1 is 0.853 bits per heavy atom. The molecule has 0 unspecified atom stereocenters. The van der Waals surface area contributed by atoms with E-state index in [0.717, 1.165) is 6.07 Å². The molecular weight excluding hydrogens is 462 g/mol. The predicted octanol–water partition coefficient (Wildman–Crippen LogP) is 5.55. The molecule has 9 nitrogen and oxygen atoms in total. The summed E-state index contributed by atoms with van der Waals surface area (Å²) in [6.07, 6.45) is 0. The maximum Gasteiger partial charge on any atom is 0.288 e. The number of ether oxygens (including phenoxy) is 2. The van der Waals surface area contributed by atoms with Crippen LogP contribution in [0.4, 0.5) is 17.1 Å². The second-order valence-corrected chi connectivity index (χ2v) is 7.32. The number of rotatable bonds is 9. The molecule has 0 aliphatic rings. The average molecular weight is 484 g/mol. The summed E-state index contributed by atoms with van der Waals surface area (Å²) < 4.78 is 11.3. The number of amides is 2. The van der Waals surface area contributed by atoms with Crippen LogP contribution in [0.2, 0.25) is 5.02 Å². The number of hydrogen-bond acceptors (Lipinski definition) is 6. The molecule has 0 saturated carbocycles. The minimum atomic E-state index is -0.665. The fourth-order valence-electron chi connectivity index (χ4n) is 3.08. The van der Waals surface area contributed by atoms with Crippen LogP contribution in [0, 0.1) is 10.1 Å². The molecule has 176 valence electrons. The first-order valence-electron chi connectivity index (χ1n) is 10.4. The van der Waals surface area contributed by atoms with E-state index in [1.54, 1.807) is 44.2 Å². The third-order valence-electron chi connectivity index (χ3n) is 4.62. The van der Waals surface area contributed by atoms with Gasteiger partial charge in [0.1, 0.15) is 16.5 Å². The predicted molar refractivity (Wildman–Crippen MR) is 129 cm³/mol. The molecular formula is C24H22ClN3O6. The summed E-state index contributed by atoms with van der Waals surface area (Å²) in [6.45, 7) is 4.14. The molecule has 2 N–H and O–H groups in total. The molecule has 10 heteroatoms. The van der Waals surface area contributed by atoms with Gasteiger partial charge >= 0.3 is 0 Å². The van der Waals surface area contributed by atoms with Gasteiger partial charge in [-0.1, -0.05) is 29.8 Å². The number of hydrogen-bond donors (Lipinski definition) is 2. The molecule has 3 aromatic carbocycles. The lowest BCUT2D eigenvalue weighted by Gasteiger charge is -2.18. The number of nitrogens with zero attached hydrogens (tertiary/aromatic N) is 1. The number of benzene rings is 3. The highest BCUT2D eigenvalue weighted by molar-refractivity contribution is 6.32.